The first-order chi connectivity index (χ1) is 12.0. The van der Waals surface area contributed by atoms with Crippen molar-refractivity contribution in [3.05, 3.63) is 70.2 Å². The molecule has 0 heterocycles. The predicted octanol–water partition coefficient (Wildman–Crippen LogP) is 3.36. The molecule has 134 valence electrons. The van der Waals surface area contributed by atoms with Gasteiger partial charge in [0.05, 0.1) is 6.10 Å². The van der Waals surface area contributed by atoms with Gasteiger partial charge in [-0.3, -0.25) is 0 Å². The summed E-state index contributed by atoms with van der Waals surface area (Å²) in [4.78, 5) is 11.6. The Morgan fingerprint density at radius 3 is 2.60 bits per heavy atom. The highest BCUT2D eigenvalue weighted by Gasteiger charge is 2.20. The van der Waals surface area contributed by atoms with Gasteiger partial charge in [0.2, 0.25) is 0 Å². The van der Waals surface area contributed by atoms with Crippen molar-refractivity contribution in [3.8, 4) is 0 Å². The molecule has 0 aliphatic heterocycles. The van der Waals surface area contributed by atoms with Gasteiger partial charge in [0.15, 0.2) is 0 Å². The van der Waals surface area contributed by atoms with E-state index in [0.29, 0.717) is 10.6 Å². The van der Waals surface area contributed by atoms with Crippen LogP contribution in [0.25, 0.3) is 0 Å². The minimum absolute atomic E-state index is 0.172. The Hall–Kier alpha value is -2.08. The average Bonchev–Trinajstić information content (AvgIpc) is 2.60. The van der Waals surface area contributed by atoms with Gasteiger partial charge in [-0.25, -0.2) is 4.79 Å². The number of hydrogen-bond donors (Lipinski definition) is 3. The van der Waals surface area contributed by atoms with Gasteiger partial charge in [0.25, 0.3) is 0 Å². The molecule has 0 saturated carbocycles. The van der Waals surface area contributed by atoms with Crippen LogP contribution in [0.15, 0.2) is 48.5 Å². The third-order valence-corrected chi connectivity index (χ3v) is 4.09. The van der Waals surface area contributed by atoms with Gasteiger partial charge >= 0.3 is 6.09 Å². The number of halogens is 1. The first kappa shape index (κ1) is 19.2. The molecule has 0 bridgehead atoms. The zero-order valence-electron chi connectivity index (χ0n) is 14.0. The number of nitrogens with one attached hydrogen (secondary N) is 1. The first-order valence-corrected chi connectivity index (χ1v) is 8.42. The lowest BCUT2D eigenvalue weighted by Crippen LogP contribution is -2.29. The maximum Gasteiger partial charge on any atom is 0.407 e. The van der Waals surface area contributed by atoms with E-state index in [2.05, 4.69) is 5.32 Å². The zero-order valence-corrected chi connectivity index (χ0v) is 14.7. The fourth-order valence-corrected chi connectivity index (χ4v) is 2.68. The topological polar surface area (TPSA) is 78.8 Å². The molecule has 0 spiro atoms. The molecule has 2 aromatic carbocycles. The van der Waals surface area contributed by atoms with E-state index in [1.54, 1.807) is 12.1 Å². The quantitative estimate of drug-likeness (QED) is 0.704. The summed E-state index contributed by atoms with van der Waals surface area (Å²) in [6.45, 7) is 2.25. The van der Waals surface area contributed by atoms with Crippen molar-refractivity contribution in [2.75, 3.05) is 6.54 Å². The van der Waals surface area contributed by atoms with E-state index < -0.39 is 18.3 Å². The second-order valence-electron chi connectivity index (χ2n) is 5.81. The number of amides is 1. The van der Waals surface area contributed by atoms with Gasteiger partial charge in [0.1, 0.15) is 12.7 Å². The number of alkyl carbamates (subject to hydrolysis) is 1. The van der Waals surface area contributed by atoms with E-state index in [0.717, 1.165) is 11.1 Å². The zero-order chi connectivity index (χ0) is 18.2. The normalized spacial score (nSPS) is 13.1. The number of carbonyl (C=O) groups excluding carboxylic acids is 1. The fraction of sp³-hybridized carbons (Fsp3) is 0.316. The third kappa shape index (κ3) is 6.05. The molecule has 5 nitrogen and oxygen atoms in total. The second kappa shape index (κ2) is 9.42. The van der Waals surface area contributed by atoms with E-state index in [9.17, 15) is 15.0 Å². The molecule has 0 aliphatic carbocycles. The lowest BCUT2D eigenvalue weighted by atomic mass is 10.0. The largest absolute Gasteiger partial charge is 0.445 e. The summed E-state index contributed by atoms with van der Waals surface area (Å²) in [5.41, 5.74) is 2.33. The second-order valence-corrected chi connectivity index (χ2v) is 6.22. The van der Waals surface area contributed by atoms with Crippen LogP contribution in [0.5, 0.6) is 0 Å². The third-order valence-electron chi connectivity index (χ3n) is 3.76. The van der Waals surface area contributed by atoms with E-state index in [1.807, 2.05) is 43.3 Å². The van der Waals surface area contributed by atoms with Crippen LogP contribution in [0.2, 0.25) is 5.02 Å². The molecule has 0 aromatic heterocycles. The fourth-order valence-electron chi connectivity index (χ4n) is 2.33. The Morgan fingerprint density at radius 2 is 1.92 bits per heavy atom. The van der Waals surface area contributed by atoms with Crippen molar-refractivity contribution in [2.45, 2.75) is 32.2 Å². The molecule has 0 aliphatic rings. The molecule has 2 atom stereocenters. The van der Waals surface area contributed by atoms with E-state index >= 15 is 0 Å². The molecular weight excluding hydrogens is 342 g/mol. The molecule has 0 radical (unpaired) electrons. The van der Waals surface area contributed by atoms with Crippen molar-refractivity contribution in [1.29, 1.82) is 0 Å². The van der Waals surface area contributed by atoms with Crippen molar-refractivity contribution in [1.82, 2.24) is 5.32 Å². The Bertz CT molecular complexity index is 693. The smallest absolute Gasteiger partial charge is 0.407 e. The van der Waals surface area contributed by atoms with Crippen molar-refractivity contribution < 1.29 is 19.7 Å². The number of rotatable bonds is 7. The van der Waals surface area contributed by atoms with Crippen LogP contribution in [0.3, 0.4) is 0 Å². The monoisotopic (exact) mass is 363 g/mol. The van der Waals surface area contributed by atoms with E-state index in [1.165, 1.54) is 0 Å². The van der Waals surface area contributed by atoms with Crippen LogP contribution < -0.4 is 5.32 Å². The summed E-state index contributed by atoms with van der Waals surface area (Å²) in [7, 11) is 0. The summed E-state index contributed by atoms with van der Waals surface area (Å²) in [6, 6.07) is 14.6. The molecule has 0 saturated heterocycles. The molecule has 2 aromatic rings. The average molecular weight is 364 g/mol. The van der Waals surface area contributed by atoms with Gasteiger partial charge in [-0.05, 0) is 30.5 Å². The molecular formula is C19H22ClNO4. The minimum atomic E-state index is -1.12. The molecule has 25 heavy (non-hydrogen) atoms. The number of aliphatic hydroxyl groups excluding tert-OH is 2. The van der Waals surface area contributed by atoms with Crippen LogP contribution in [0, 0.1) is 6.92 Å². The van der Waals surface area contributed by atoms with Gasteiger partial charge in [0, 0.05) is 17.1 Å². The van der Waals surface area contributed by atoms with Gasteiger partial charge in [-0.2, -0.15) is 0 Å². The van der Waals surface area contributed by atoms with Gasteiger partial charge in [-0.15, -0.1) is 0 Å². The van der Waals surface area contributed by atoms with Crippen LogP contribution in [-0.2, 0) is 11.3 Å². The highest BCUT2D eigenvalue weighted by Crippen LogP contribution is 2.27. The summed E-state index contributed by atoms with van der Waals surface area (Å²) < 4.78 is 5.07. The maximum atomic E-state index is 11.6. The standard InChI is InChI=1S/C19H22ClNO4/c1-13-7-8-15(16(20)11-13)18(23)17(22)9-10-21-19(24)25-12-14-5-3-2-4-6-14/h2-8,11,17-18,22-23H,9-10,12H2,1H3,(H,21,24). The number of benzene rings is 2. The highest BCUT2D eigenvalue weighted by atomic mass is 35.5. The van der Waals surface area contributed by atoms with Gasteiger partial charge in [-0.1, -0.05) is 54.1 Å². The Morgan fingerprint density at radius 1 is 1.20 bits per heavy atom. The van der Waals surface area contributed by atoms with E-state index in [-0.39, 0.29) is 19.6 Å². The maximum absolute atomic E-state index is 11.6. The summed E-state index contributed by atoms with van der Waals surface area (Å²) in [6.07, 6.45) is -2.56. The first-order valence-electron chi connectivity index (χ1n) is 8.04. The lowest BCUT2D eigenvalue weighted by Gasteiger charge is -2.19. The number of aliphatic hydroxyl groups is 2. The van der Waals surface area contributed by atoms with Crippen LogP contribution in [0.1, 0.15) is 29.2 Å². The number of aryl methyl sites for hydroxylation is 1. The Labute approximate surface area is 152 Å². The van der Waals surface area contributed by atoms with Crippen molar-refractivity contribution in [3.63, 3.8) is 0 Å². The van der Waals surface area contributed by atoms with Crippen molar-refractivity contribution in [2.24, 2.45) is 0 Å². The molecule has 0 fully saturated rings. The van der Waals surface area contributed by atoms with Crippen LogP contribution in [0.4, 0.5) is 4.79 Å². The molecule has 2 unspecified atom stereocenters. The molecule has 3 N–H and O–H groups in total. The van der Waals surface area contributed by atoms with Crippen LogP contribution in [-0.4, -0.2) is 29.0 Å². The summed E-state index contributed by atoms with van der Waals surface area (Å²) in [5.74, 6) is 0. The van der Waals surface area contributed by atoms with Crippen LogP contribution >= 0.6 is 11.6 Å². The van der Waals surface area contributed by atoms with Crippen molar-refractivity contribution >= 4 is 17.7 Å². The number of hydrogen-bond acceptors (Lipinski definition) is 4. The van der Waals surface area contributed by atoms with Gasteiger partial charge < -0.3 is 20.3 Å². The minimum Gasteiger partial charge on any atom is -0.445 e. The summed E-state index contributed by atoms with van der Waals surface area (Å²) >= 11 is 6.09. The lowest BCUT2D eigenvalue weighted by molar-refractivity contribution is 0.0137. The predicted molar refractivity (Wildman–Crippen MR) is 96.4 cm³/mol. The molecule has 6 heteroatoms. The Balaban J connectivity index is 1.74. The molecule has 1 amide bonds. The highest BCUT2D eigenvalue weighted by molar-refractivity contribution is 6.31. The number of carbonyl (C=O) groups is 1. The Kier molecular flexibility index (Phi) is 7.25. The summed E-state index contributed by atoms with van der Waals surface area (Å²) in [5, 5.41) is 23.2. The number of ether oxygens (including phenoxy) is 1. The molecule has 2 rings (SSSR count). The van der Waals surface area contributed by atoms with E-state index in [4.69, 9.17) is 16.3 Å². The SMILES string of the molecule is Cc1ccc(C(O)C(O)CCNC(=O)OCc2ccccc2)c(Cl)c1.